The second kappa shape index (κ2) is 6.75. The van der Waals surface area contributed by atoms with Crippen LogP contribution in [0.15, 0.2) is 60.8 Å². The first kappa shape index (κ1) is 16.5. The molecule has 1 saturated carbocycles. The molecule has 0 N–H and O–H groups in total. The van der Waals surface area contributed by atoms with Gasteiger partial charge in [-0.25, -0.2) is 9.07 Å². The molecular formula is C21H20FN3O. The van der Waals surface area contributed by atoms with Crippen molar-refractivity contribution in [2.45, 2.75) is 32.4 Å². The van der Waals surface area contributed by atoms with Crippen molar-refractivity contribution in [2.75, 3.05) is 0 Å². The second-order valence-corrected chi connectivity index (χ2v) is 6.75. The van der Waals surface area contributed by atoms with Gasteiger partial charge in [-0.05, 0) is 43.5 Å². The lowest BCUT2D eigenvalue weighted by Crippen LogP contribution is -2.33. The van der Waals surface area contributed by atoms with Crippen LogP contribution in [0.1, 0.15) is 34.5 Å². The van der Waals surface area contributed by atoms with Gasteiger partial charge in [-0.3, -0.25) is 4.79 Å². The summed E-state index contributed by atoms with van der Waals surface area (Å²) in [5.41, 5.74) is 2.96. The van der Waals surface area contributed by atoms with Crippen molar-refractivity contribution in [2.24, 2.45) is 0 Å². The molecule has 1 aliphatic rings. The third-order valence-electron chi connectivity index (χ3n) is 4.59. The first-order chi connectivity index (χ1) is 12.6. The number of hydrogen-bond acceptors (Lipinski definition) is 2. The third kappa shape index (κ3) is 3.38. The molecule has 1 aliphatic carbocycles. The molecule has 0 saturated heterocycles. The minimum atomic E-state index is -0.367. The number of rotatable bonds is 5. The van der Waals surface area contributed by atoms with E-state index in [9.17, 15) is 9.18 Å². The molecule has 0 aliphatic heterocycles. The van der Waals surface area contributed by atoms with E-state index in [1.807, 2.05) is 30.0 Å². The Balaban J connectivity index is 1.58. The molecule has 4 rings (SSSR count). The number of aryl methyl sites for hydroxylation is 1. The largest absolute Gasteiger partial charge is 0.330 e. The van der Waals surface area contributed by atoms with Crippen LogP contribution >= 0.6 is 0 Å². The number of halogens is 1. The summed E-state index contributed by atoms with van der Waals surface area (Å²) < 4.78 is 15.4. The molecule has 0 spiro atoms. The maximum absolute atomic E-state index is 14.0. The van der Waals surface area contributed by atoms with Gasteiger partial charge in [0.1, 0.15) is 11.5 Å². The maximum Gasteiger partial charge on any atom is 0.274 e. The highest BCUT2D eigenvalue weighted by Crippen LogP contribution is 2.30. The van der Waals surface area contributed by atoms with Crippen molar-refractivity contribution in [1.29, 1.82) is 0 Å². The third-order valence-corrected chi connectivity index (χ3v) is 4.59. The Labute approximate surface area is 151 Å². The molecule has 1 fully saturated rings. The van der Waals surface area contributed by atoms with Gasteiger partial charge >= 0.3 is 0 Å². The highest BCUT2D eigenvalue weighted by molar-refractivity contribution is 5.92. The van der Waals surface area contributed by atoms with Crippen molar-refractivity contribution < 1.29 is 9.18 Å². The van der Waals surface area contributed by atoms with Crippen LogP contribution < -0.4 is 0 Å². The monoisotopic (exact) mass is 349 g/mol. The average molecular weight is 349 g/mol. The molecule has 132 valence electrons. The fourth-order valence-corrected chi connectivity index (χ4v) is 3.12. The van der Waals surface area contributed by atoms with E-state index in [4.69, 9.17) is 0 Å². The summed E-state index contributed by atoms with van der Waals surface area (Å²) in [6.07, 6.45) is 3.67. The number of carbonyl (C=O) groups excluding carboxylic acids is 1. The van der Waals surface area contributed by atoms with Crippen LogP contribution in [0.25, 0.3) is 5.69 Å². The number of aromatic nitrogens is 2. The van der Waals surface area contributed by atoms with Gasteiger partial charge in [0.2, 0.25) is 0 Å². The van der Waals surface area contributed by atoms with E-state index in [-0.39, 0.29) is 17.8 Å². The van der Waals surface area contributed by atoms with Crippen molar-refractivity contribution in [3.05, 3.63) is 83.4 Å². The lowest BCUT2D eigenvalue weighted by Gasteiger charge is -2.21. The summed E-state index contributed by atoms with van der Waals surface area (Å²) in [4.78, 5) is 14.9. The number of hydrogen-bond donors (Lipinski definition) is 0. The minimum absolute atomic E-state index is 0.107. The Kier molecular flexibility index (Phi) is 4.29. The van der Waals surface area contributed by atoms with Crippen LogP contribution in [0.3, 0.4) is 0 Å². The van der Waals surface area contributed by atoms with Gasteiger partial charge in [-0.15, -0.1) is 0 Å². The molecule has 0 unspecified atom stereocenters. The molecule has 2 aromatic carbocycles. The van der Waals surface area contributed by atoms with Crippen molar-refractivity contribution in [3.63, 3.8) is 0 Å². The molecule has 0 atom stereocenters. The Bertz CT molecular complexity index is 946. The molecule has 0 bridgehead atoms. The fourth-order valence-electron chi connectivity index (χ4n) is 3.12. The van der Waals surface area contributed by atoms with Gasteiger partial charge in [-0.2, -0.15) is 5.10 Å². The molecule has 1 aromatic heterocycles. The van der Waals surface area contributed by atoms with Crippen LogP contribution in [-0.4, -0.2) is 26.6 Å². The molecule has 3 aromatic rings. The summed E-state index contributed by atoms with van der Waals surface area (Å²) in [5, 5.41) is 4.32. The fraction of sp³-hybridized carbons (Fsp3) is 0.238. The van der Waals surface area contributed by atoms with Crippen LogP contribution in [-0.2, 0) is 6.54 Å². The number of nitrogens with zero attached hydrogens (tertiary/aromatic N) is 3. The zero-order valence-electron chi connectivity index (χ0n) is 14.6. The van der Waals surface area contributed by atoms with Gasteiger partial charge in [0, 0.05) is 18.8 Å². The van der Waals surface area contributed by atoms with Crippen LogP contribution in [0.2, 0.25) is 0 Å². The van der Waals surface area contributed by atoms with Gasteiger partial charge < -0.3 is 4.90 Å². The first-order valence-corrected chi connectivity index (χ1v) is 8.79. The smallest absolute Gasteiger partial charge is 0.274 e. The average Bonchev–Trinajstić information content (AvgIpc) is 3.36. The summed E-state index contributed by atoms with van der Waals surface area (Å²) >= 11 is 0. The summed E-state index contributed by atoms with van der Waals surface area (Å²) in [7, 11) is 0. The lowest BCUT2D eigenvalue weighted by molar-refractivity contribution is 0.0723. The molecular weight excluding hydrogens is 329 g/mol. The normalized spacial score (nSPS) is 13.6. The topological polar surface area (TPSA) is 38.1 Å². The molecule has 1 amide bonds. The Morgan fingerprint density at radius 1 is 1.19 bits per heavy atom. The molecule has 0 radical (unpaired) electrons. The maximum atomic E-state index is 14.0. The van der Waals surface area contributed by atoms with Crippen LogP contribution in [0.4, 0.5) is 4.39 Å². The first-order valence-electron chi connectivity index (χ1n) is 8.79. The van der Waals surface area contributed by atoms with E-state index >= 15 is 0 Å². The summed E-state index contributed by atoms with van der Waals surface area (Å²) in [6.45, 7) is 2.61. The predicted octanol–water partition coefficient (Wildman–Crippen LogP) is 4.12. The number of amides is 1. The van der Waals surface area contributed by atoms with Gasteiger partial charge in [-0.1, -0.05) is 42.0 Å². The SMILES string of the molecule is Cc1cccc(CN(C(=O)c2ccn(-c3ccccc3F)n2)C2CC2)c1. The molecule has 1 heterocycles. The second-order valence-electron chi connectivity index (χ2n) is 6.75. The predicted molar refractivity (Wildman–Crippen MR) is 97.6 cm³/mol. The highest BCUT2D eigenvalue weighted by atomic mass is 19.1. The number of para-hydroxylation sites is 1. The quantitative estimate of drug-likeness (QED) is 0.695. The van der Waals surface area contributed by atoms with E-state index in [1.54, 1.807) is 30.5 Å². The Morgan fingerprint density at radius 3 is 2.73 bits per heavy atom. The van der Waals surface area contributed by atoms with Crippen molar-refractivity contribution in [1.82, 2.24) is 14.7 Å². The number of benzene rings is 2. The lowest BCUT2D eigenvalue weighted by atomic mass is 10.1. The van der Waals surface area contributed by atoms with Gasteiger partial charge in [0.15, 0.2) is 5.69 Å². The molecule has 5 heteroatoms. The van der Waals surface area contributed by atoms with E-state index in [0.717, 1.165) is 18.4 Å². The highest BCUT2D eigenvalue weighted by Gasteiger charge is 2.34. The number of carbonyl (C=O) groups is 1. The van der Waals surface area contributed by atoms with Crippen molar-refractivity contribution >= 4 is 5.91 Å². The van der Waals surface area contributed by atoms with Crippen molar-refractivity contribution in [3.8, 4) is 5.69 Å². The van der Waals surface area contributed by atoms with E-state index < -0.39 is 0 Å². The zero-order valence-corrected chi connectivity index (χ0v) is 14.6. The Hall–Kier alpha value is -2.95. The minimum Gasteiger partial charge on any atom is -0.330 e. The van der Waals surface area contributed by atoms with Crippen LogP contribution in [0.5, 0.6) is 0 Å². The van der Waals surface area contributed by atoms with Crippen LogP contribution in [0, 0.1) is 12.7 Å². The van der Waals surface area contributed by atoms with E-state index in [0.29, 0.717) is 17.9 Å². The molecule has 26 heavy (non-hydrogen) atoms. The van der Waals surface area contributed by atoms with E-state index in [2.05, 4.69) is 11.2 Å². The standard InChI is InChI=1S/C21H20FN3O/c1-15-5-4-6-16(13-15)14-24(17-9-10-17)21(26)19-11-12-25(23-19)20-8-3-2-7-18(20)22/h2-8,11-13,17H,9-10,14H2,1H3. The van der Waals surface area contributed by atoms with E-state index in [1.165, 1.54) is 16.3 Å². The molecule has 4 nitrogen and oxygen atoms in total. The summed E-state index contributed by atoms with van der Waals surface area (Å²) in [5.74, 6) is -0.475. The van der Waals surface area contributed by atoms with Gasteiger partial charge in [0.25, 0.3) is 5.91 Å². The summed E-state index contributed by atoms with van der Waals surface area (Å²) in [6, 6.07) is 16.5. The Morgan fingerprint density at radius 2 is 2.00 bits per heavy atom. The zero-order chi connectivity index (χ0) is 18.1. The van der Waals surface area contributed by atoms with Gasteiger partial charge in [0.05, 0.1) is 0 Å².